The third-order valence-corrected chi connectivity index (χ3v) is 2.16. The lowest BCUT2D eigenvalue weighted by Gasteiger charge is -2.25. The molecule has 1 N–H and O–H groups in total. The van der Waals surface area contributed by atoms with E-state index in [4.69, 9.17) is 69.6 Å². The molecule has 0 fully saturated rings. The molecule has 0 spiro atoms. The van der Waals surface area contributed by atoms with Gasteiger partial charge in [0.1, 0.15) is 0 Å². The molecule has 0 rings (SSSR count). The van der Waals surface area contributed by atoms with Crippen LogP contribution in [-0.2, 0) is 9.53 Å². The Hall–Kier alpha value is 1.17. The molecule has 14 heavy (non-hydrogen) atoms. The number of alkyl halides is 6. The summed E-state index contributed by atoms with van der Waals surface area (Å²) in [6.45, 7) is 0. The number of carbonyl (C=O) groups is 1. The number of rotatable bonds is 2. The fraction of sp³-hybridized carbons (Fsp3) is 0.800. The first kappa shape index (κ1) is 15.2. The van der Waals surface area contributed by atoms with E-state index in [0.29, 0.717) is 0 Å². The molecule has 1 atom stereocenters. The van der Waals surface area contributed by atoms with Gasteiger partial charge in [0.15, 0.2) is 6.23 Å². The molecule has 0 aromatic carbocycles. The zero-order chi connectivity index (χ0) is 11.6. The first-order chi connectivity index (χ1) is 6.09. The van der Waals surface area contributed by atoms with Crippen molar-refractivity contribution >= 4 is 75.5 Å². The van der Waals surface area contributed by atoms with Crippen LogP contribution in [0.5, 0.6) is 0 Å². The van der Waals surface area contributed by atoms with Crippen LogP contribution in [0.1, 0.15) is 0 Å². The molecule has 0 aliphatic heterocycles. The first-order valence-corrected chi connectivity index (χ1v) is 5.33. The maximum absolute atomic E-state index is 11.1. The molecule has 0 heterocycles. The molecule has 0 aliphatic rings. The van der Waals surface area contributed by atoms with Crippen molar-refractivity contribution in [3.8, 4) is 0 Å². The van der Waals surface area contributed by atoms with E-state index in [2.05, 4.69) is 10.1 Å². The van der Waals surface area contributed by atoms with Crippen molar-refractivity contribution in [3.63, 3.8) is 0 Å². The minimum atomic E-state index is -2.13. The van der Waals surface area contributed by atoms with Crippen LogP contribution in [-0.4, -0.2) is 26.8 Å². The van der Waals surface area contributed by atoms with Gasteiger partial charge < -0.3 is 10.1 Å². The minimum Gasteiger partial charge on any atom is -0.357 e. The van der Waals surface area contributed by atoms with Gasteiger partial charge in [-0.15, -0.1) is 0 Å². The number of carbonyl (C=O) groups excluding carboxylic acids is 1. The van der Waals surface area contributed by atoms with Crippen molar-refractivity contribution in [2.75, 3.05) is 7.11 Å². The van der Waals surface area contributed by atoms with Gasteiger partial charge in [-0.05, 0) is 0 Å². The van der Waals surface area contributed by atoms with Crippen molar-refractivity contribution in [2.24, 2.45) is 0 Å². The Morgan fingerprint density at radius 3 is 1.86 bits per heavy atom. The largest absolute Gasteiger partial charge is 0.357 e. The summed E-state index contributed by atoms with van der Waals surface area (Å²) in [5.41, 5.74) is 0. The summed E-state index contributed by atoms with van der Waals surface area (Å²) < 4.78 is 0.698. The second-order valence-corrected chi connectivity index (χ2v) is 6.78. The van der Waals surface area contributed by atoms with Crippen molar-refractivity contribution in [2.45, 2.75) is 13.8 Å². The highest BCUT2D eigenvalue weighted by molar-refractivity contribution is 6.76. The van der Waals surface area contributed by atoms with Crippen molar-refractivity contribution < 1.29 is 9.53 Å². The lowest BCUT2D eigenvalue weighted by atomic mass is 10.5. The van der Waals surface area contributed by atoms with Crippen LogP contribution in [0, 0.1) is 0 Å². The van der Waals surface area contributed by atoms with Crippen LogP contribution in [0.15, 0.2) is 0 Å². The Kier molecular flexibility index (Phi) is 5.94. The molecular formula is C5H5Cl6NO2. The molecule has 84 valence electrons. The third kappa shape index (κ3) is 5.31. The maximum Gasteiger partial charge on any atom is 0.274 e. The number of nitrogens with one attached hydrogen (secondary N) is 1. The average Bonchev–Trinajstić information content (AvgIpc) is 1.95. The van der Waals surface area contributed by atoms with Gasteiger partial charge in [0.2, 0.25) is 3.79 Å². The number of hydrogen-bond acceptors (Lipinski definition) is 2. The second kappa shape index (κ2) is 5.48. The first-order valence-electron chi connectivity index (χ1n) is 3.06. The molecule has 0 unspecified atom stereocenters. The summed E-state index contributed by atoms with van der Waals surface area (Å²) >= 11 is 32.2. The number of amides is 1. The van der Waals surface area contributed by atoms with E-state index in [1.807, 2.05) is 0 Å². The summed E-state index contributed by atoms with van der Waals surface area (Å²) in [5.74, 6) is -0.944. The predicted molar refractivity (Wildman–Crippen MR) is 59.5 cm³/mol. The zero-order valence-corrected chi connectivity index (χ0v) is 11.2. The Morgan fingerprint density at radius 1 is 1.21 bits per heavy atom. The number of methoxy groups -OCH3 is 1. The normalized spacial score (nSPS) is 15.1. The molecule has 0 radical (unpaired) electrons. The summed E-state index contributed by atoms with van der Waals surface area (Å²) in [7, 11) is 1.23. The van der Waals surface area contributed by atoms with E-state index in [0.717, 1.165) is 0 Å². The fourth-order valence-electron chi connectivity index (χ4n) is 0.475. The van der Waals surface area contributed by atoms with E-state index in [9.17, 15) is 4.79 Å². The fourth-order valence-corrected chi connectivity index (χ4v) is 1.07. The average molecular weight is 324 g/mol. The number of halogens is 6. The van der Waals surface area contributed by atoms with Gasteiger partial charge in [-0.3, -0.25) is 4.79 Å². The summed E-state index contributed by atoms with van der Waals surface area (Å²) in [4.78, 5) is 11.1. The standard InChI is InChI=1S/C5H5Cl6NO2/c1-14-3(5(9,10)11)12-2(13)4(6,7)8/h3H,1H3,(H,12,13)/t3-/m0/s1. The van der Waals surface area contributed by atoms with E-state index < -0.39 is 19.7 Å². The summed E-state index contributed by atoms with van der Waals surface area (Å²) in [5, 5.41) is 2.09. The monoisotopic (exact) mass is 321 g/mol. The van der Waals surface area contributed by atoms with Gasteiger partial charge in [-0.1, -0.05) is 69.6 Å². The zero-order valence-electron chi connectivity index (χ0n) is 6.66. The molecule has 9 heteroatoms. The van der Waals surface area contributed by atoms with Crippen molar-refractivity contribution in [1.82, 2.24) is 5.32 Å². The summed E-state index contributed by atoms with van der Waals surface area (Å²) in [6.07, 6.45) is -1.20. The lowest BCUT2D eigenvalue weighted by molar-refractivity contribution is -0.123. The minimum absolute atomic E-state index is 0.944. The molecule has 0 aliphatic carbocycles. The molecule has 0 saturated carbocycles. The summed E-state index contributed by atoms with van der Waals surface area (Å²) in [6, 6.07) is 0. The van der Waals surface area contributed by atoms with Gasteiger partial charge in [0.05, 0.1) is 0 Å². The maximum atomic E-state index is 11.1. The van der Waals surface area contributed by atoms with Gasteiger partial charge in [-0.2, -0.15) is 0 Å². The molecule has 0 saturated heterocycles. The molecule has 0 aromatic heterocycles. The van der Waals surface area contributed by atoms with E-state index in [-0.39, 0.29) is 0 Å². The highest BCUT2D eigenvalue weighted by atomic mass is 35.6. The molecule has 3 nitrogen and oxygen atoms in total. The van der Waals surface area contributed by atoms with Crippen LogP contribution in [0.25, 0.3) is 0 Å². The van der Waals surface area contributed by atoms with Crippen LogP contribution >= 0.6 is 69.6 Å². The molecule has 0 bridgehead atoms. The molecular weight excluding hydrogens is 319 g/mol. The van der Waals surface area contributed by atoms with Crippen LogP contribution in [0.4, 0.5) is 0 Å². The Morgan fingerprint density at radius 2 is 1.64 bits per heavy atom. The van der Waals surface area contributed by atoms with Gasteiger partial charge in [0, 0.05) is 7.11 Å². The van der Waals surface area contributed by atoms with Gasteiger partial charge in [-0.25, -0.2) is 0 Å². The van der Waals surface area contributed by atoms with Gasteiger partial charge in [0.25, 0.3) is 9.70 Å². The quantitative estimate of drug-likeness (QED) is 0.627. The van der Waals surface area contributed by atoms with E-state index in [1.54, 1.807) is 0 Å². The van der Waals surface area contributed by atoms with Crippen LogP contribution in [0.2, 0.25) is 0 Å². The van der Waals surface area contributed by atoms with Crippen LogP contribution in [0.3, 0.4) is 0 Å². The lowest BCUT2D eigenvalue weighted by Crippen LogP contribution is -2.48. The predicted octanol–water partition coefficient (Wildman–Crippen LogP) is 2.82. The highest BCUT2D eigenvalue weighted by Crippen LogP contribution is 2.32. The van der Waals surface area contributed by atoms with E-state index >= 15 is 0 Å². The van der Waals surface area contributed by atoms with E-state index in [1.165, 1.54) is 7.11 Å². The Balaban J connectivity index is 4.43. The molecule has 0 aromatic rings. The highest BCUT2D eigenvalue weighted by Gasteiger charge is 2.39. The molecule has 1 amide bonds. The Bertz CT molecular complexity index is 209. The number of hydrogen-bond donors (Lipinski definition) is 1. The van der Waals surface area contributed by atoms with Gasteiger partial charge >= 0.3 is 0 Å². The topological polar surface area (TPSA) is 38.3 Å². The smallest absolute Gasteiger partial charge is 0.274 e. The third-order valence-electron chi connectivity index (χ3n) is 1.05. The van der Waals surface area contributed by atoms with Crippen molar-refractivity contribution in [3.05, 3.63) is 0 Å². The number of ether oxygens (including phenoxy) is 1. The Labute approximate surface area is 111 Å². The van der Waals surface area contributed by atoms with Crippen molar-refractivity contribution in [1.29, 1.82) is 0 Å². The second-order valence-electron chi connectivity index (χ2n) is 2.13. The van der Waals surface area contributed by atoms with Crippen LogP contribution < -0.4 is 5.32 Å². The SMILES string of the molecule is CO[C@H](NC(=O)C(Cl)(Cl)Cl)C(Cl)(Cl)Cl.